The molecule has 0 aliphatic carbocycles. The van der Waals surface area contributed by atoms with Crippen LogP contribution >= 0.6 is 0 Å². The van der Waals surface area contributed by atoms with E-state index in [0.29, 0.717) is 28.4 Å². The van der Waals surface area contributed by atoms with E-state index in [0.717, 1.165) is 5.69 Å². The standard InChI is InChI=1S/C21H17N3O5/c1-27-21(26)13-2-4-14(5-3-13)23-16-8-9-22-17(10-16)20(25)24-15-6-7-18-19(11-15)29-12-28-18/h2-11H,12H2,1H3,(H,22,23)(H,24,25). The third-order valence-electron chi connectivity index (χ3n) is 4.22. The number of aromatic nitrogens is 1. The molecule has 0 fully saturated rings. The lowest BCUT2D eigenvalue weighted by Gasteiger charge is -2.09. The number of nitrogens with one attached hydrogen (secondary N) is 2. The summed E-state index contributed by atoms with van der Waals surface area (Å²) in [5, 5.41) is 5.96. The largest absolute Gasteiger partial charge is 0.465 e. The molecule has 0 unspecified atom stereocenters. The van der Waals surface area contributed by atoms with Crippen LogP contribution in [0.15, 0.2) is 60.8 Å². The van der Waals surface area contributed by atoms with Crippen LogP contribution in [0.1, 0.15) is 20.8 Å². The maximum atomic E-state index is 12.5. The van der Waals surface area contributed by atoms with Crippen molar-refractivity contribution in [2.45, 2.75) is 0 Å². The zero-order chi connectivity index (χ0) is 20.2. The Hall–Kier alpha value is -4.07. The second-order valence-corrected chi connectivity index (χ2v) is 6.15. The lowest BCUT2D eigenvalue weighted by molar-refractivity contribution is 0.0600. The molecule has 1 aromatic heterocycles. The first-order chi connectivity index (χ1) is 14.1. The number of nitrogens with zero attached hydrogens (tertiary/aromatic N) is 1. The summed E-state index contributed by atoms with van der Waals surface area (Å²) in [5.41, 5.74) is 2.72. The topological polar surface area (TPSA) is 98.8 Å². The van der Waals surface area contributed by atoms with Gasteiger partial charge in [-0.2, -0.15) is 0 Å². The Morgan fingerprint density at radius 1 is 0.931 bits per heavy atom. The van der Waals surface area contributed by atoms with Gasteiger partial charge < -0.3 is 24.8 Å². The van der Waals surface area contributed by atoms with Gasteiger partial charge in [-0.15, -0.1) is 0 Å². The van der Waals surface area contributed by atoms with Gasteiger partial charge in [0.25, 0.3) is 5.91 Å². The van der Waals surface area contributed by atoms with Gasteiger partial charge in [0.15, 0.2) is 11.5 Å². The van der Waals surface area contributed by atoms with Gasteiger partial charge in [0.2, 0.25) is 6.79 Å². The van der Waals surface area contributed by atoms with E-state index >= 15 is 0 Å². The number of esters is 1. The van der Waals surface area contributed by atoms with Crippen molar-refractivity contribution >= 4 is 28.9 Å². The van der Waals surface area contributed by atoms with Gasteiger partial charge in [0.1, 0.15) is 5.69 Å². The Labute approximate surface area is 166 Å². The number of anilines is 3. The molecule has 0 atom stereocenters. The fourth-order valence-corrected chi connectivity index (χ4v) is 2.78. The number of methoxy groups -OCH3 is 1. The van der Waals surface area contributed by atoms with Gasteiger partial charge in [-0.1, -0.05) is 0 Å². The number of carbonyl (C=O) groups is 2. The van der Waals surface area contributed by atoms with Gasteiger partial charge in [0, 0.05) is 29.3 Å². The molecule has 1 amide bonds. The first-order valence-corrected chi connectivity index (χ1v) is 8.75. The van der Waals surface area contributed by atoms with Crippen molar-refractivity contribution in [3.05, 3.63) is 72.1 Å². The Kier molecular flexibility index (Phi) is 4.98. The van der Waals surface area contributed by atoms with Crippen molar-refractivity contribution in [1.29, 1.82) is 0 Å². The minimum Gasteiger partial charge on any atom is -0.465 e. The molecule has 4 rings (SSSR count). The summed E-state index contributed by atoms with van der Waals surface area (Å²) in [6.45, 7) is 0.169. The van der Waals surface area contributed by atoms with Gasteiger partial charge in [-0.3, -0.25) is 9.78 Å². The first kappa shape index (κ1) is 18.3. The quantitative estimate of drug-likeness (QED) is 0.641. The number of benzene rings is 2. The summed E-state index contributed by atoms with van der Waals surface area (Å²) in [6, 6.07) is 15.4. The normalized spacial score (nSPS) is 11.6. The Morgan fingerprint density at radius 3 is 2.48 bits per heavy atom. The molecule has 2 heterocycles. The number of pyridine rings is 1. The molecule has 2 N–H and O–H groups in total. The van der Waals surface area contributed by atoms with E-state index < -0.39 is 5.97 Å². The lowest BCUT2D eigenvalue weighted by atomic mass is 10.2. The summed E-state index contributed by atoms with van der Waals surface area (Å²) >= 11 is 0. The van der Waals surface area contributed by atoms with E-state index in [2.05, 4.69) is 20.4 Å². The number of rotatable bonds is 5. The molecule has 0 saturated heterocycles. The minimum atomic E-state index is -0.400. The number of hydrogen-bond acceptors (Lipinski definition) is 7. The molecule has 1 aliphatic heterocycles. The molecular weight excluding hydrogens is 374 g/mol. The average molecular weight is 391 g/mol. The SMILES string of the molecule is COC(=O)c1ccc(Nc2ccnc(C(=O)Nc3ccc4c(c3)OCO4)c2)cc1. The number of hydrogen-bond donors (Lipinski definition) is 2. The van der Waals surface area contributed by atoms with Crippen molar-refractivity contribution in [2.24, 2.45) is 0 Å². The van der Waals surface area contributed by atoms with Crippen molar-refractivity contribution in [3.63, 3.8) is 0 Å². The second-order valence-electron chi connectivity index (χ2n) is 6.15. The second kappa shape index (κ2) is 7.89. The van der Waals surface area contributed by atoms with Crippen LogP contribution in [0, 0.1) is 0 Å². The Bertz CT molecular complexity index is 1070. The van der Waals surface area contributed by atoms with E-state index in [-0.39, 0.29) is 18.4 Å². The summed E-state index contributed by atoms with van der Waals surface area (Å²) in [4.78, 5) is 28.2. The smallest absolute Gasteiger partial charge is 0.337 e. The van der Waals surface area contributed by atoms with Crippen LogP contribution in [0.2, 0.25) is 0 Å². The molecular formula is C21H17N3O5. The Morgan fingerprint density at radius 2 is 1.69 bits per heavy atom. The molecule has 8 nitrogen and oxygen atoms in total. The van der Waals surface area contributed by atoms with E-state index in [1.807, 2.05) is 0 Å². The van der Waals surface area contributed by atoms with E-state index in [1.165, 1.54) is 7.11 Å². The summed E-state index contributed by atoms with van der Waals surface area (Å²) in [6.07, 6.45) is 1.54. The molecule has 3 aromatic rings. The van der Waals surface area contributed by atoms with Gasteiger partial charge >= 0.3 is 5.97 Å². The summed E-state index contributed by atoms with van der Waals surface area (Å²) in [7, 11) is 1.33. The van der Waals surface area contributed by atoms with Gasteiger partial charge in [-0.25, -0.2) is 4.79 Å². The van der Waals surface area contributed by atoms with Crippen LogP contribution in [0.4, 0.5) is 17.1 Å². The molecule has 0 radical (unpaired) electrons. The lowest BCUT2D eigenvalue weighted by Crippen LogP contribution is -2.13. The molecule has 2 aromatic carbocycles. The highest BCUT2D eigenvalue weighted by molar-refractivity contribution is 6.03. The minimum absolute atomic E-state index is 0.169. The first-order valence-electron chi connectivity index (χ1n) is 8.75. The number of fused-ring (bicyclic) bond motifs is 1. The number of amides is 1. The summed E-state index contributed by atoms with van der Waals surface area (Å²) < 4.78 is 15.3. The van der Waals surface area contributed by atoms with Crippen LogP contribution in [-0.4, -0.2) is 30.8 Å². The van der Waals surface area contributed by atoms with Crippen molar-refractivity contribution in [2.75, 3.05) is 24.5 Å². The predicted molar refractivity (Wildman–Crippen MR) is 106 cm³/mol. The molecule has 1 aliphatic rings. The number of ether oxygens (including phenoxy) is 3. The van der Waals surface area contributed by atoms with Crippen LogP contribution < -0.4 is 20.1 Å². The summed E-state index contributed by atoms with van der Waals surface area (Å²) in [5.74, 6) is 0.476. The molecule has 146 valence electrons. The molecule has 0 bridgehead atoms. The van der Waals surface area contributed by atoms with Crippen LogP contribution in [0.25, 0.3) is 0 Å². The van der Waals surface area contributed by atoms with Crippen LogP contribution in [-0.2, 0) is 4.74 Å². The highest BCUT2D eigenvalue weighted by Gasteiger charge is 2.15. The molecule has 0 spiro atoms. The highest BCUT2D eigenvalue weighted by Crippen LogP contribution is 2.34. The molecule has 8 heteroatoms. The molecule has 0 saturated carbocycles. The van der Waals surface area contributed by atoms with Gasteiger partial charge in [0.05, 0.1) is 12.7 Å². The zero-order valence-corrected chi connectivity index (χ0v) is 15.5. The van der Waals surface area contributed by atoms with Crippen LogP contribution in [0.3, 0.4) is 0 Å². The van der Waals surface area contributed by atoms with Crippen molar-refractivity contribution in [3.8, 4) is 11.5 Å². The Balaban J connectivity index is 1.45. The third kappa shape index (κ3) is 4.11. The fourth-order valence-electron chi connectivity index (χ4n) is 2.78. The third-order valence-corrected chi connectivity index (χ3v) is 4.22. The van der Waals surface area contributed by atoms with E-state index in [1.54, 1.807) is 60.8 Å². The van der Waals surface area contributed by atoms with Gasteiger partial charge in [-0.05, 0) is 48.5 Å². The maximum absolute atomic E-state index is 12.5. The fraction of sp³-hybridized carbons (Fsp3) is 0.0952. The van der Waals surface area contributed by atoms with Crippen molar-refractivity contribution < 1.29 is 23.8 Å². The van der Waals surface area contributed by atoms with E-state index in [4.69, 9.17) is 9.47 Å². The predicted octanol–water partition coefficient (Wildman–Crippen LogP) is 3.59. The zero-order valence-electron chi connectivity index (χ0n) is 15.5. The van der Waals surface area contributed by atoms with Crippen molar-refractivity contribution in [1.82, 2.24) is 4.98 Å². The highest BCUT2D eigenvalue weighted by atomic mass is 16.7. The number of carbonyl (C=O) groups excluding carboxylic acids is 2. The van der Waals surface area contributed by atoms with E-state index in [9.17, 15) is 9.59 Å². The van der Waals surface area contributed by atoms with Crippen LogP contribution in [0.5, 0.6) is 11.5 Å². The molecule has 29 heavy (non-hydrogen) atoms. The average Bonchev–Trinajstić information content (AvgIpc) is 3.22. The monoisotopic (exact) mass is 391 g/mol. The maximum Gasteiger partial charge on any atom is 0.337 e.